The second kappa shape index (κ2) is 5.90. The number of rotatable bonds is 4. The number of hydrogen-bond acceptors (Lipinski definition) is 3. The van der Waals surface area contributed by atoms with Crippen molar-refractivity contribution in [3.8, 4) is 5.75 Å². The Morgan fingerprint density at radius 2 is 1.95 bits per heavy atom. The molecule has 0 spiro atoms. The third-order valence-corrected chi connectivity index (χ3v) is 2.35. The van der Waals surface area contributed by atoms with E-state index in [1.54, 1.807) is 0 Å². The number of nitrogens with one attached hydrogen (secondary N) is 1. The van der Waals surface area contributed by atoms with Crippen molar-refractivity contribution in [2.24, 2.45) is 0 Å². The summed E-state index contributed by atoms with van der Waals surface area (Å²) in [7, 11) is 0. The molecule has 20 heavy (non-hydrogen) atoms. The molecule has 0 bridgehead atoms. The van der Waals surface area contributed by atoms with Gasteiger partial charge in [-0.2, -0.15) is 0 Å². The van der Waals surface area contributed by atoms with Crippen LogP contribution in [0.3, 0.4) is 0 Å². The summed E-state index contributed by atoms with van der Waals surface area (Å²) in [6.07, 6.45) is -0.936. The fraction of sp³-hybridized carbons (Fsp3) is 0.429. The number of carbonyl (C=O) groups is 2. The van der Waals surface area contributed by atoms with Crippen LogP contribution in [0.15, 0.2) is 18.2 Å². The SMILES string of the molecule is CC(Oc1cc(F)ccc1C(=O)O)C(=O)NC(C)(C)C. The van der Waals surface area contributed by atoms with Crippen LogP contribution in [0.4, 0.5) is 4.39 Å². The number of carbonyl (C=O) groups excluding carboxylic acids is 1. The van der Waals surface area contributed by atoms with Gasteiger partial charge in [0.05, 0.1) is 0 Å². The Morgan fingerprint density at radius 3 is 2.45 bits per heavy atom. The van der Waals surface area contributed by atoms with Gasteiger partial charge in [0, 0.05) is 11.6 Å². The molecule has 0 saturated carbocycles. The van der Waals surface area contributed by atoms with Crippen molar-refractivity contribution in [1.29, 1.82) is 0 Å². The molecular weight excluding hydrogens is 265 g/mol. The van der Waals surface area contributed by atoms with Crippen LogP contribution in [0.1, 0.15) is 38.1 Å². The van der Waals surface area contributed by atoms with E-state index in [0.717, 1.165) is 18.2 Å². The molecule has 1 atom stereocenters. The van der Waals surface area contributed by atoms with Gasteiger partial charge in [0.25, 0.3) is 5.91 Å². The van der Waals surface area contributed by atoms with E-state index in [9.17, 15) is 14.0 Å². The Bertz CT molecular complexity index is 522. The van der Waals surface area contributed by atoms with Gasteiger partial charge in [0.2, 0.25) is 0 Å². The number of carboxylic acids is 1. The van der Waals surface area contributed by atoms with Crippen LogP contribution < -0.4 is 10.1 Å². The monoisotopic (exact) mass is 283 g/mol. The zero-order valence-electron chi connectivity index (χ0n) is 11.9. The summed E-state index contributed by atoms with van der Waals surface area (Å²) in [5.74, 6) is -2.45. The molecule has 110 valence electrons. The van der Waals surface area contributed by atoms with Crippen molar-refractivity contribution in [1.82, 2.24) is 5.32 Å². The second-order valence-corrected chi connectivity index (χ2v) is 5.44. The Morgan fingerprint density at radius 1 is 1.35 bits per heavy atom. The standard InChI is InChI=1S/C14H18FNO4/c1-8(12(17)16-14(2,3)4)20-11-7-9(15)5-6-10(11)13(18)19/h5-8H,1-4H3,(H,16,17)(H,18,19). The lowest BCUT2D eigenvalue weighted by Crippen LogP contribution is -2.46. The van der Waals surface area contributed by atoms with Gasteiger partial charge in [0.1, 0.15) is 17.1 Å². The van der Waals surface area contributed by atoms with Gasteiger partial charge in [-0.25, -0.2) is 9.18 Å². The van der Waals surface area contributed by atoms with Crippen molar-refractivity contribution >= 4 is 11.9 Å². The van der Waals surface area contributed by atoms with Crippen LogP contribution >= 0.6 is 0 Å². The van der Waals surface area contributed by atoms with Crippen molar-refractivity contribution in [3.05, 3.63) is 29.6 Å². The van der Waals surface area contributed by atoms with Crippen molar-refractivity contribution < 1.29 is 23.8 Å². The number of hydrogen-bond donors (Lipinski definition) is 2. The summed E-state index contributed by atoms with van der Waals surface area (Å²) in [6, 6.07) is 3.07. The molecule has 0 fully saturated rings. The normalized spacial score (nSPS) is 12.7. The zero-order valence-corrected chi connectivity index (χ0v) is 11.9. The highest BCUT2D eigenvalue weighted by atomic mass is 19.1. The van der Waals surface area contributed by atoms with Gasteiger partial charge in [-0.1, -0.05) is 0 Å². The largest absolute Gasteiger partial charge is 0.480 e. The summed E-state index contributed by atoms with van der Waals surface area (Å²) < 4.78 is 18.4. The fourth-order valence-electron chi connectivity index (χ4n) is 1.49. The van der Waals surface area contributed by atoms with E-state index >= 15 is 0 Å². The van der Waals surface area contributed by atoms with Gasteiger partial charge >= 0.3 is 5.97 Å². The number of aromatic carboxylic acids is 1. The number of carboxylic acid groups (broad SMARTS) is 1. The number of benzene rings is 1. The Balaban J connectivity index is 2.90. The quantitative estimate of drug-likeness (QED) is 0.888. The highest BCUT2D eigenvalue weighted by Gasteiger charge is 2.22. The van der Waals surface area contributed by atoms with Crippen LogP contribution in [0, 0.1) is 5.82 Å². The summed E-state index contributed by atoms with van der Waals surface area (Å²) in [5.41, 5.74) is -0.631. The molecular formula is C14H18FNO4. The van der Waals surface area contributed by atoms with Gasteiger partial charge in [-0.15, -0.1) is 0 Å². The summed E-state index contributed by atoms with van der Waals surface area (Å²) in [6.45, 7) is 6.89. The van der Waals surface area contributed by atoms with Crippen molar-refractivity contribution in [2.45, 2.75) is 39.3 Å². The molecule has 0 aliphatic rings. The predicted octanol–water partition coefficient (Wildman–Crippen LogP) is 2.21. The summed E-state index contributed by atoms with van der Waals surface area (Å²) in [5, 5.41) is 11.7. The lowest BCUT2D eigenvalue weighted by molar-refractivity contribution is -0.128. The van der Waals surface area contributed by atoms with Crippen molar-refractivity contribution in [3.63, 3.8) is 0 Å². The molecule has 1 aromatic rings. The van der Waals surface area contributed by atoms with Gasteiger partial charge in [0.15, 0.2) is 6.10 Å². The average molecular weight is 283 g/mol. The summed E-state index contributed by atoms with van der Waals surface area (Å²) >= 11 is 0. The molecule has 0 aromatic heterocycles. The van der Waals surface area contributed by atoms with E-state index in [-0.39, 0.29) is 11.3 Å². The van der Waals surface area contributed by atoms with Crippen LogP contribution in [0.25, 0.3) is 0 Å². The van der Waals surface area contributed by atoms with Gasteiger partial charge in [-0.05, 0) is 39.8 Å². The van der Waals surface area contributed by atoms with Crippen LogP contribution in [0.2, 0.25) is 0 Å². The average Bonchev–Trinajstić information content (AvgIpc) is 2.26. The molecule has 6 heteroatoms. The molecule has 0 heterocycles. The molecule has 0 radical (unpaired) electrons. The zero-order chi connectivity index (χ0) is 15.5. The van der Waals surface area contributed by atoms with Crippen LogP contribution in [-0.4, -0.2) is 28.6 Å². The lowest BCUT2D eigenvalue weighted by atomic mass is 10.1. The Labute approximate surface area is 116 Å². The minimum absolute atomic E-state index is 0.172. The highest BCUT2D eigenvalue weighted by Crippen LogP contribution is 2.21. The van der Waals surface area contributed by atoms with E-state index in [1.807, 2.05) is 20.8 Å². The maximum Gasteiger partial charge on any atom is 0.339 e. The van der Waals surface area contributed by atoms with Gasteiger partial charge < -0.3 is 15.2 Å². The maximum atomic E-state index is 13.2. The molecule has 0 saturated heterocycles. The molecule has 1 aromatic carbocycles. The lowest BCUT2D eigenvalue weighted by Gasteiger charge is -2.24. The molecule has 0 aliphatic heterocycles. The Hall–Kier alpha value is -2.11. The topological polar surface area (TPSA) is 75.6 Å². The minimum atomic E-state index is -1.25. The first kappa shape index (κ1) is 15.9. The third kappa shape index (κ3) is 4.53. The first-order valence-corrected chi connectivity index (χ1v) is 6.11. The van der Waals surface area contributed by atoms with E-state index in [1.165, 1.54) is 6.92 Å². The van der Waals surface area contributed by atoms with E-state index < -0.39 is 29.3 Å². The molecule has 1 unspecified atom stereocenters. The maximum absolute atomic E-state index is 13.2. The predicted molar refractivity (Wildman–Crippen MR) is 71.3 cm³/mol. The Kier molecular flexibility index (Phi) is 4.70. The van der Waals surface area contributed by atoms with Crippen LogP contribution in [-0.2, 0) is 4.79 Å². The smallest absolute Gasteiger partial charge is 0.339 e. The van der Waals surface area contributed by atoms with E-state index in [0.29, 0.717) is 0 Å². The first-order valence-electron chi connectivity index (χ1n) is 6.11. The number of ether oxygens (including phenoxy) is 1. The third-order valence-electron chi connectivity index (χ3n) is 2.35. The minimum Gasteiger partial charge on any atom is -0.480 e. The molecule has 2 N–H and O–H groups in total. The van der Waals surface area contributed by atoms with E-state index in [4.69, 9.17) is 9.84 Å². The molecule has 1 rings (SSSR count). The number of amides is 1. The van der Waals surface area contributed by atoms with Gasteiger partial charge in [-0.3, -0.25) is 4.79 Å². The number of halogens is 1. The van der Waals surface area contributed by atoms with Crippen LogP contribution in [0.5, 0.6) is 5.75 Å². The van der Waals surface area contributed by atoms with E-state index in [2.05, 4.69) is 5.32 Å². The van der Waals surface area contributed by atoms with Crippen molar-refractivity contribution in [2.75, 3.05) is 0 Å². The molecule has 1 amide bonds. The summed E-state index contributed by atoms with van der Waals surface area (Å²) in [4.78, 5) is 22.9. The second-order valence-electron chi connectivity index (χ2n) is 5.44. The fourth-order valence-corrected chi connectivity index (χ4v) is 1.49. The molecule has 5 nitrogen and oxygen atoms in total. The first-order chi connectivity index (χ1) is 9.10. The molecule has 0 aliphatic carbocycles. The highest BCUT2D eigenvalue weighted by molar-refractivity contribution is 5.91.